The summed E-state index contributed by atoms with van der Waals surface area (Å²) in [4.78, 5) is 20.4. The number of amides is 1. The lowest BCUT2D eigenvalue weighted by Crippen LogP contribution is -2.32. The standard InChI is InChI=1S/C13H14BrN3O2/c1-8(19-2)5-16-13(18)11-4-3-9-6-15-7-10(14)12(9)17-11/h3-4,6-8H,5H2,1-2H3,(H,16,18)/t8-/m1/s1. The molecule has 1 atom stereocenters. The minimum Gasteiger partial charge on any atom is -0.380 e. The number of aromatic nitrogens is 2. The molecule has 0 spiro atoms. The van der Waals surface area contributed by atoms with Crippen LogP contribution in [0.2, 0.25) is 0 Å². The molecule has 1 amide bonds. The van der Waals surface area contributed by atoms with E-state index in [9.17, 15) is 4.79 Å². The summed E-state index contributed by atoms with van der Waals surface area (Å²) >= 11 is 3.38. The second-order valence-electron chi connectivity index (χ2n) is 4.15. The van der Waals surface area contributed by atoms with Gasteiger partial charge in [0.05, 0.1) is 16.1 Å². The summed E-state index contributed by atoms with van der Waals surface area (Å²) in [6.45, 7) is 2.34. The van der Waals surface area contributed by atoms with Crippen LogP contribution in [0.15, 0.2) is 29.0 Å². The normalized spacial score (nSPS) is 12.4. The topological polar surface area (TPSA) is 64.1 Å². The summed E-state index contributed by atoms with van der Waals surface area (Å²) in [5, 5.41) is 3.66. The highest BCUT2D eigenvalue weighted by Gasteiger charge is 2.10. The molecular formula is C13H14BrN3O2. The van der Waals surface area contributed by atoms with Gasteiger partial charge in [-0.25, -0.2) is 4.98 Å². The Hall–Kier alpha value is -1.53. The van der Waals surface area contributed by atoms with Crippen LogP contribution >= 0.6 is 15.9 Å². The minimum atomic E-state index is -0.213. The third-order valence-electron chi connectivity index (χ3n) is 2.74. The Kier molecular flexibility index (Phi) is 4.44. The maximum atomic E-state index is 12.0. The van der Waals surface area contributed by atoms with E-state index in [1.807, 2.05) is 13.0 Å². The Morgan fingerprint density at radius 1 is 1.47 bits per heavy atom. The fraction of sp³-hybridized carbons (Fsp3) is 0.308. The van der Waals surface area contributed by atoms with Crippen molar-refractivity contribution in [1.29, 1.82) is 0 Å². The van der Waals surface area contributed by atoms with E-state index in [1.165, 1.54) is 0 Å². The van der Waals surface area contributed by atoms with E-state index in [4.69, 9.17) is 4.74 Å². The molecule has 2 rings (SSSR count). The zero-order valence-electron chi connectivity index (χ0n) is 10.7. The van der Waals surface area contributed by atoms with E-state index < -0.39 is 0 Å². The fourth-order valence-corrected chi connectivity index (χ4v) is 1.98. The van der Waals surface area contributed by atoms with Crippen molar-refractivity contribution in [3.63, 3.8) is 0 Å². The van der Waals surface area contributed by atoms with Crippen molar-refractivity contribution in [3.05, 3.63) is 34.7 Å². The predicted octanol–water partition coefficient (Wildman–Crippen LogP) is 2.16. The molecule has 0 saturated heterocycles. The molecule has 2 aromatic heterocycles. The van der Waals surface area contributed by atoms with Gasteiger partial charge in [-0.15, -0.1) is 0 Å². The number of nitrogens with zero attached hydrogens (tertiary/aromatic N) is 2. The van der Waals surface area contributed by atoms with Gasteiger partial charge in [-0.2, -0.15) is 0 Å². The molecule has 0 aliphatic carbocycles. The average Bonchev–Trinajstić information content (AvgIpc) is 2.44. The monoisotopic (exact) mass is 323 g/mol. The molecule has 0 unspecified atom stereocenters. The molecule has 0 radical (unpaired) electrons. The maximum absolute atomic E-state index is 12.0. The summed E-state index contributed by atoms with van der Waals surface area (Å²) < 4.78 is 5.84. The van der Waals surface area contributed by atoms with Crippen molar-refractivity contribution in [2.45, 2.75) is 13.0 Å². The predicted molar refractivity (Wildman–Crippen MR) is 76.0 cm³/mol. The van der Waals surface area contributed by atoms with Gasteiger partial charge in [-0.1, -0.05) is 0 Å². The third-order valence-corrected chi connectivity index (χ3v) is 3.32. The van der Waals surface area contributed by atoms with Gasteiger partial charge in [-0.3, -0.25) is 9.78 Å². The lowest BCUT2D eigenvalue weighted by atomic mass is 10.2. The van der Waals surface area contributed by atoms with Crippen LogP contribution in [0.4, 0.5) is 0 Å². The van der Waals surface area contributed by atoms with E-state index in [1.54, 1.807) is 25.6 Å². The van der Waals surface area contributed by atoms with E-state index in [0.717, 1.165) is 15.4 Å². The number of hydrogen-bond acceptors (Lipinski definition) is 4. The van der Waals surface area contributed by atoms with Gasteiger partial charge in [0, 0.05) is 31.4 Å². The van der Waals surface area contributed by atoms with Crippen molar-refractivity contribution < 1.29 is 9.53 Å². The van der Waals surface area contributed by atoms with Crippen molar-refractivity contribution in [2.24, 2.45) is 0 Å². The molecule has 2 heterocycles. The number of ether oxygens (including phenoxy) is 1. The lowest BCUT2D eigenvalue weighted by molar-refractivity contribution is 0.0866. The largest absolute Gasteiger partial charge is 0.380 e. The number of pyridine rings is 2. The average molecular weight is 324 g/mol. The van der Waals surface area contributed by atoms with E-state index in [0.29, 0.717) is 12.2 Å². The van der Waals surface area contributed by atoms with Gasteiger partial charge in [0.2, 0.25) is 0 Å². The summed E-state index contributed by atoms with van der Waals surface area (Å²) in [6.07, 6.45) is 3.34. The molecule has 100 valence electrons. The molecular weight excluding hydrogens is 310 g/mol. The van der Waals surface area contributed by atoms with Crippen LogP contribution < -0.4 is 5.32 Å². The lowest BCUT2D eigenvalue weighted by Gasteiger charge is -2.10. The number of methoxy groups -OCH3 is 1. The number of carbonyl (C=O) groups is 1. The highest BCUT2D eigenvalue weighted by molar-refractivity contribution is 9.10. The van der Waals surface area contributed by atoms with Gasteiger partial charge in [0.15, 0.2) is 0 Å². The van der Waals surface area contributed by atoms with E-state index in [-0.39, 0.29) is 12.0 Å². The molecule has 1 N–H and O–H groups in total. The molecule has 0 aliphatic rings. The van der Waals surface area contributed by atoms with Crippen molar-refractivity contribution >= 4 is 32.7 Å². The maximum Gasteiger partial charge on any atom is 0.269 e. The Balaban J connectivity index is 2.21. The van der Waals surface area contributed by atoms with Gasteiger partial charge in [0.1, 0.15) is 5.69 Å². The molecule has 0 fully saturated rings. The first-order chi connectivity index (χ1) is 9.11. The minimum absolute atomic E-state index is 0.0275. The number of carbonyl (C=O) groups excluding carboxylic acids is 1. The smallest absolute Gasteiger partial charge is 0.269 e. The van der Waals surface area contributed by atoms with E-state index >= 15 is 0 Å². The molecule has 5 nitrogen and oxygen atoms in total. The molecule has 6 heteroatoms. The first-order valence-electron chi connectivity index (χ1n) is 5.83. The first-order valence-corrected chi connectivity index (χ1v) is 6.62. The zero-order valence-corrected chi connectivity index (χ0v) is 12.3. The second-order valence-corrected chi connectivity index (χ2v) is 5.00. The number of nitrogens with one attached hydrogen (secondary N) is 1. The Morgan fingerprint density at radius 2 is 2.26 bits per heavy atom. The van der Waals surface area contributed by atoms with Gasteiger partial charge < -0.3 is 10.1 Å². The molecule has 0 bridgehead atoms. The zero-order chi connectivity index (χ0) is 13.8. The van der Waals surface area contributed by atoms with Crippen molar-refractivity contribution in [2.75, 3.05) is 13.7 Å². The van der Waals surface area contributed by atoms with Gasteiger partial charge >= 0.3 is 0 Å². The highest BCUT2D eigenvalue weighted by Crippen LogP contribution is 2.20. The van der Waals surface area contributed by atoms with Crippen molar-refractivity contribution in [3.8, 4) is 0 Å². The Morgan fingerprint density at radius 3 is 3.00 bits per heavy atom. The molecule has 19 heavy (non-hydrogen) atoms. The number of rotatable bonds is 4. The van der Waals surface area contributed by atoms with Crippen LogP contribution in [0.3, 0.4) is 0 Å². The number of halogens is 1. The second kappa shape index (κ2) is 6.08. The Labute approximate surface area is 119 Å². The van der Waals surface area contributed by atoms with Gasteiger partial charge in [0.25, 0.3) is 5.91 Å². The van der Waals surface area contributed by atoms with Crippen LogP contribution in [0.25, 0.3) is 10.9 Å². The van der Waals surface area contributed by atoms with Crippen LogP contribution in [0.5, 0.6) is 0 Å². The summed E-state index contributed by atoms with van der Waals surface area (Å²) in [5.74, 6) is -0.213. The quantitative estimate of drug-likeness (QED) is 0.936. The van der Waals surface area contributed by atoms with Crippen molar-refractivity contribution in [1.82, 2.24) is 15.3 Å². The van der Waals surface area contributed by atoms with Crippen LogP contribution in [0.1, 0.15) is 17.4 Å². The van der Waals surface area contributed by atoms with E-state index in [2.05, 4.69) is 31.2 Å². The molecule has 0 aliphatic heterocycles. The number of hydrogen-bond donors (Lipinski definition) is 1. The summed E-state index contributed by atoms with van der Waals surface area (Å²) in [5.41, 5.74) is 1.10. The molecule has 2 aromatic rings. The third kappa shape index (κ3) is 3.27. The first kappa shape index (κ1) is 13.9. The fourth-order valence-electron chi connectivity index (χ4n) is 1.55. The highest BCUT2D eigenvalue weighted by atomic mass is 79.9. The molecule has 0 saturated carbocycles. The van der Waals surface area contributed by atoms with Crippen LogP contribution in [-0.2, 0) is 4.74 Å². The Bertz CT molecular complexity index is 603. The molecule has 0 aromatic carbocycles. The van der Waals surface area contributed by atoms with Crippen LogP contribution in [0, 0.1) is 0 Å². The van der Waals surface area contributed by atoms with Crippen LogP contribution in [-0.4, -0.2) is 35.6 Å². The SMILES string of the molecule is CO[C@H](C)CNC(=O)c1ccc2cncc(Br)c2n1. The van der Waals surface area contributed by atoms with Gasteiger partial charge in [-0.05, 0) is 35.0 Å². The number of fused-ring (bicyclic) bond motifs is 1. The summed E-state index contributed by atoms with van der Waals surface area (Å²) in [6, 6.07) is 3.51. The summed E-state index contributed by atoms with van der Waals surface area (Å²) in [7, 11) is 1.61.